The molecule has 0 aliphatic heterocycles. The van der Waals surface area contributed by atoms with Crippen LogP contribution in [0.4, 0.5) is 0 Å². The van der Waals surface area contributed by atoms with E-state index >= 15 is 0 Å². The van der Waals surface area contributed by atoms with Gasteiger partial charge in [-0.3, -0.25) is 4.79 Å². The first-order valence-electron chi connectivity index (χ1n) is 6.63. The third-order valence-electron chi connectivity index (χ3n) is 2.76. The van der Waals surface area contributed by atoms with Gasteiger partial charge in [0.15, 0.2) is 0 Å². The van der Waals surface area contributed by atoms with Crippen molar-refractivity contribution in [3.63, 3.8) is 0 Å². The predicted octanol–water partition coefficient (Wildman–Crippen LogP) is 1.68. The van der Waals surface area contributed by atoms with Crippen LogP contribution < -0.4 is 11.1 Å². The fourth-order valence-electron chi connectivity index (χ4n) is 1.62. The molecular formula is C13H28N2O2. The molecule has 0 radical (unpaired) electrons. The van der Waals surface area contributed by atoms with E-state index in [9.17, 15) is 4.79 Å². The van der Waals surface area contributed by atoms with E-state index in [1.54, 1.807) is 0 Å². The van der Waals surface area contributed by atoms with Crippen LogP contribution in [0.1, 0.15) is 47.0 Å². The summed E-state index contributed by atoms with van der Waals surface area (Å²) in [6.45, 7) is 9.43. The van der Waals surface area contributed by atoms with Crippen molar-refractivity contribution in [2.75, 3.05) is 13.2 Å². The zero-order chi connectivity index (χ0) is 13.3. The SMILES string of the molecule is CCCC(N)CC(=O)NC(COCC)C(C)C. The fourth-order valence-corrected chi connectivity index (χ4v) is 1.62. The summed E-state index contributed by atoms with van der Waals surface area (Å²) in [6.07, 6.45) is 2.31. The molecule has 0 aromatic carbocycles. The van der Waals surface area contributed by atoms with Crippen LogP contribution >= 0.6 is 0 Å². The Bertz CT molecular complexity index is 208. The quantitative estimate of drug-likeness (QED) is 0.648. The van der Waals surface area contributed by atoms with E-state index in [2.05, 4.69) is 26.1 Å². The van der Waals surface area contributed by atoms with Crippen molar-refractivity contribution in [1.82, 2.24) is 5.32 Å². The number of rotatable bonds is 9. The lowest BCUT2D eigenvalue weighted by Gasteiger charge is -2.23. The maximum atomic E-state index is 11.8. The molecule has 0 aliphatic rings. The Hall–Kier alpha value is -0.610. The van der Waals surface area contributed by atoms with Crippen molar-refractivity contribution in [3.8, 4) is 0 Å². The number of hydrogen-bond donors (Lipinski definition) is 2. The summed E-state index contributed by atoms with van der Waals surface area (Å²) in [5.41, 5.74) is 5.84. The van der Waals surface area contributed by atoms with Gasteiger partial charge in [-0.2, -0.15) is 0 Å². The molecule has 2 atom stereocenters. The molecular weight excluding hydrogens is 216 g/mol. The van der Waals surface area contributed by atoms with Gasteiger partial charge in [0.1, 0.15) is 0 Å². The number of carbonyl (C=O) groups excluding carboxylic acids is 1. The second-order valence-corrected chi connectivity index (χ2v) is 4.83. The molecule has 3 N–H and O–H groups in total. The Balaban J connectivity index is 4.02. The van der Waals surface area contributed by atoms with E-state index in [1.807, 2.05) is 6.92 Å². The summed E-state index contributed by atoms with van der Waals surface area (Å²) in [5, 5.41) is 3.00. The lowest BCUT2D eigenvalue weighted by molar-refractivity contribution is -0.123. The number of nitrogens with one attached hydrogen (secondary N) is 1. The van der Waals surface area contributed by atoms with Crippen LogP contribution in [0.5, 0.6) is 0 Å². The molecule has 0 aliphatic carbocycles. The summed E-state index contributed by atoms with van der Waals surface area (Å²) in [6, 6.07) is 0.0520. The van der Waals surface area contributed by atoms with E-state index in [4.69, 9.17) is 10.5 Å². The highest BCUT2D eigenvalue weighted by atomic mass is 16.5. The van der Waals surface area contributed by atoms with Gasteiger partial charge in [0, 0.05) is 19.1 Å². The minimum Gasteiger partial charge on any atom is -0.380 e. The highest BCUT2D eigenvalue weighted by Gasteiger charge is 2.17. The first-order chi connectivity index (χ1) is 8.01. The Morgan fingerprint density at radius 1 is 1.35 bits per heavy atom. The third-order valence-corrected chi connectivity index (χ3v) is 2.76. The molecule has 0 rings (SSSR count). The molecule has 0 fully saturated rings. The minimum atomic E-state index is -0.0279. The van der Waals surface area contributed by atoms with E-state index in [0.29, 0.717) is 25.6 Å². The molecule has 0 aromatic rings. The van der Waals surface area contributed by atoms with Crippen molar-refractivity contribution in [2.24, 2.45) is 11.7 Å². The van der Waals surface area contributed by atoms with Crippen LogP contribution in [0.25, 0.3) is 0 Å². The summed E-state index contributed by atoms with van der Waals surface area (Å²) >= 11 is 0. The van der Waals surface area contributed by atoms with Crippen LogP contribution in [0.15, 0.2) is 0 Å². The van der Waals surface area contributed by atoms with Gasteiger partial charge in [-0.05, 0) is 19.3 Å². The van der Waals surface area contributed by atoms with Crippen molar-refractivity contribution in [1.29, 1.82) is 0 Å². The van der Waals surface area contributed by atoms with Gasteiger partial charge in [0.05, 0.1) is 12.6 Å². The van der Waals surface area contributed by atoms with Crippen LogP contribution in [-0.4, -0.2) is 31.2 Å². The van der Waals surface area contributed by atoms with Gasteiger partial charge in [-0.1, -0.05) is 27.2 Å². The van der Waals surface area contributed by atoms with Crippen LogP contribution in [-0.2, 0) is 9.53 Å². The zero-order valence-electron chi connectivity index (χ0n) is 11.7. The monoisotopic (exact) mass is 244 g/mol. The Kier molecular flexibility index (Phi) is 9.09. The third kappa shape index (κ3) is 8.16. The lowest BCUT2D eigenvalue weighted by Crippen LogP contribution is -2.43. The smallest absolute Gasteiger partial charge is 0.221 e. The molecule has 0 spiro atoms. The Morgan fingerprint density at radius 3 is 2.47 bits per heavy atom. The standard InChI is InChI=1S/C13H28N2O2/c1-5-7-11(14)8-13(16)15-12(10(3)4)9-17-6-2/h10-12H,5-9,14H2,1-4H3,(H,15,16). The van der Waals surface area contributed by atoms with Gasteiger partial charge in [-0.25, -0.2) is 0 Å². The number of carbonyl (C=O) groups is 1. The molecule has 0 saturated carbocycles. The molecule has 102 valence electrons. The van der Waals surface area contributed by atoms with Crippen LogP contribution in [0, 0.1) is 5.92 Å². The lowest BCUT2D eigenvalue weighted by atomic mass is 10.0. The maximum Gasteiger partial charge on any atom is 0.221 e. The van der Waals surface area contributed by atoms with Crippen molar-refractivity contribution < 1.29 is 9.53 Å². The molecule has 0 bridgehead atoms. The molecule has 2 unspecified atom stereocenters. The summed E-state index contributed by atoms with van der Waals surface area (Å²) in [5.74, 6) is 0.400. The van der Waals surface area contributed by atoms with E-state index in [0.717, 1.165) is 12.8 Å². The van der Waals surface area contributed by atoms with Gasteiger partial charge in [0.2, 0.25) is 5.91 Å². The topological polar surface area (TPSA) is 64.4 Å². The molecule has 0 saturated heterocycles. The van der Waals surface area contributed by atoms with E-state index in [-0.39, 0.29) is 18.0 Å². The van der Waals surface area contributed by atoms with Crippen molar-refractivity contribution in [2.45, 2.75) is 59.0 Å². The Labute approximate surface area is 105 Å². The normalized spacial score (nSPS) is 14.7. The largest absolute Gasteiger partial charge is 0.380 e. The molecule has 0 aromatic heterocycles. The number of nitrogens with two attached hydrogens (primary N) is 1. The highest BCUT2D eigenvalue weighted by molar-refractivity contribution is 5.76. The molecule has 17 heavy (non-hydrogen) atoms. The summed E-state index contributed by atoms with van der Waals surface area (Å²) in [7, 11) is 0. The maximum absolute atomic E-state index is 11.8. The second kappa shape index (κ2) is 9.42. The van der Waals surface area contributed by atoms with E-state index in [1.165, 1.54) is 0 Å². The predicted molar refractivity (Wildman–Crippen MR) is 70.8 cm³/mol. The van der Waals surface area contributed by atoms with Gasteiger partial charge >= 0.3 is 0 Å². The molecule has 4 nitrogen and oxygen atoms in total. The number of ether oxygens (including phenoxy) is 1. The number of hydrogen-bond acceptors (Lipinski definition) is 3. The molecule has 4 heteroatoms. The summed E-state index contributed by atoms with van der Waals surface area (Å²) < 4.78 is 5.36. The first kappa shape index (κ1) is 16.4. The van der Waals surface area contributed by atoms with Gasteiger partial charge in [-0.15, -0.1) is 0 Å². The fraction of sp³-hybridized carbons (Fsp3) is 0.923. The highest BCUT2D eigenvalue weighted by Crippen LogP contribution is 2.04. The first-order valence-corrected chi connectivity index (χ1v) is 6.63. The molecule has 0 heterocycles. The second-order valence-electron chi connectivity index (χ2n) is 4.83. The Morgan fingerprint density at radius 2 is 2.00 bits per heavy atom. The average molecular weight is 244 g/mol. The molecule has 1 amide bonds. The van der Waals surface area contributed by atoms with Crippen LogP contribution in [0.3, 0.4) is 0 Å². The van der Waals surface area contributed by atoms with Gasteiger partial charge < -0.3 is 15.8 Å². The average Bonchev–Trinajstić information content (AvgIpc) is 2.23. The van der Waals surface area contributed by atoms with Crippen molar-refractivity contribution >= 4 is 5.91 Å². The number of amides is 1. The van der Waals surface area contributed by atoms with Crippen molar-refractivity contribution in [3.05, 3.63) is 0 Å². The zero-order valence-corrected chi connectivity index (χ0v) is 11.7. The van der Waals surface area contributed by atoms with E-state index < -0.39 is 0 Å². The van der Waals surface area contributed by atoms with Gasteiger partial charge in [0.25, 0.3) is 0 Å². The van der Waals surface area contributed by atoms with Crippen LogP contribution in [0.2, 0.25) is 0 Å². The summed E-state index contributed by atoms with van der Waals surface area (Å²) in [4.78, 5) is 11.8. The minimum absolute atomic E-state index is 0.0279.